The Kier molecular flexibility index (Phi) is 4.82. The largest absolute Gasteiger partial charge is 0.462 e. The second-order valence-electron chi connectivity index (χ2n) is 6.89. The second-order valence-corrected chi connectivity index (χ2v) is 10.1. The van der Waals surface area contributed by atoms with Gasteiger partial charge in [-0.3, -0.25) is 4.90 Å². The summed E-state index contributed by atoms with van der Waals surface area (Å²) in [4.78, 5) is 13.9. The number of benzene rings is 1. The number of nitrogens with zero attached hydrogens (tertiary/aromatic N) is 1. The van der Waals surface area contributed by atoms with Crippen LogP contribution in [0.2, 0.25) is 0 Å². The van der Waals surface area contributed by atoms with Crippen molar-refractivity contribution in [3.05, 3.63) is 24.5 Å². The summed E-state index contributed by atoms with van der Waals surface area (Å²) in [5.74, 6) is 2.46. The lowest BCUT2D eigenvalue weighted by Gasteiger charge is -2.26. The predicted octanol–water partition coefficient (Wildman–Crippen LogP) is 4.06. The van der Waals surface area contributed by atoms with Crippen LogP contribution in [0.25, 0.3) is 11.0 Å². The van der Waals surface area contributed by atoms with Crippen LogP contribution in [-0.2, 0) is 9.30 Å². The number of fused-ring (bicyclic) bond motifs is 1. The highest BCUT2D eigenvalue weighted by Gasteiger charge is 2.27. The van der Waals surface area contributed by atoms with Crippen LogP contribution in [0.15, 0.2) is 28.9 Å². The Bertz CT molecular complexity index is 848. The van der Waals surface area contributed by atoms with E-state index in [9.17, 15) is 9.36 Å². The normalized spacial score (nSPS) is 12.0. The topological polar surface area (TPSA) is 59.8 Å². The van der Waals surface area contributed by atoms with Crippen LogP contribution in [0.5, 0.6) is 0 Å². The summed E-state index contributed by atoms with van der Waals surface area (Å²) in [6.45, 7) is 8.79. The molecule has 0 N–H and O–H groups in total. The van der Waals surface area contributed by atoms with E-state index in [1.54, 1.807) is 52.3 Å². The molecular formula is C18H22NO4P. The first-order valence-electron chi connectivity index (χ1n) is 7.54. The van der Waals surface area contributed by atoms with Gasteiger partial charge in [-0.2, -0.15) is 0 Å². The summed E-state index contributed by atoms with van der Waals surface area (Å²) >= 11 is 0. The molecule has 0 atom stereocenters. The van der Waals surface area contributed by atoms with Crippen molar-refractivity contribution in [3.8, 4) is 12.3 Å². The maximum absolute atomic E-state index is 12.5. The highest BCUT2D eigenvalue weighted by atomic mass is 31.2. The van der Waals surface area contributed by atoms with E-state index in [-0.39, 0.29) is 6.54 Å². The molecule has 0 fully saturated rings. The number of rotatable bonds is 3. The monoisotopic (exact) mass is 347 g/mol. The molecule has 0 aliphatic carbocycles. The van der Waals surface area contributed by atoms with E-state index in [1.807, 2.05) is 0 Å². The third-order valence-electron chi connectivity index (χ3n) is 3.31. The summed E-state index contributed by atoms with van der Waals surface area (Å²) in [5.41, 5.74) is 0.325. The predicted molar refractivity (Wildman–Crippen MR) is 97.7 cm³/mol. The first kappa shape index (κ1) is 18.2. The lowest BCUT2D eigenvalue weighted by atomic mass is 10.2. The number of hydrogen-bond donors (Lipinski definition) is 0. The van der Waals surface area contributed by atoms with Crippen molar-refractivity contribution in [2.24, 2.45) is 0 Å². The average molecular weight is 347 g/mol. The molecule has 0 spiro atoms. The summed E-state index contributed by atoms with van der Waals surface area (Å²) in [5, 5.41) is 1.42. The van der Waals surface area contributed by atoms with E-state index in [4.69, 9.17) is 15.6 Å². The number of furan rings is 1. The Morgan fingerprint density at radius 1 is 1.33 bits per heavy atom. The smallest absolute Gasteiger partial charge is 0.415 e. The summed E-state index contributed by atoms with van der Waals surface area (Å²) in [6.07, 6.45) is 6.37. The van der Waals surface area contributed by atoms with E-state index in [1.165, 1.54) is 11.2 Å². The molecule has 0 aliphatic rings. The Labute approximate surface area is 142 Å². The summed E-state index contributed by atoms with van der Waals surface area (Å²) in [7, 11) is -2.49. The van der Waals surface area contributed by atoms with Gasteiger partial charge in [0.05, 0.1) is 18.5 Å². The van der Waals surface area contributed by atoms with E-state index in [2.05, 4.69) is 5.92 Å². The first-order valence-corrected chi connectivity index (χ1v) is 10.1. The zero-order valence-electron chi connectivity index (χ0n) is 14.6. The lowest BCUT2D eigenvalue weighted by Crippen LogP contribution is -2.37. The minimum Gasteiger partial charge on any atom is -0.462 e. The maximum atomic E-state index is 12.5. The third kappa shape index (κ3) is 3.83. The highest BCUT2D eigenvalue weighted by molar-refractivity contribution is 7.70. The second kappa shape index (κ2) is 6.37. The Morgan fingerprint density at radius 3 is 2.54 bits per heavy atom. The van der Waals surface area contributed by atoms with Crippen LogP contribution >= 0.6 is 7.14 Å². The molecule has 0 saturated heterocycles. The Hall–Kier alpha value is -2.18. The third-order valence-corrected chi connectivity index (χ3v) is 4.86. The number of amides is 1. The van der Waals surface area contributed by atoms with Crippen LogP contribution in [0.3, 0.4) is 0 Å². The molecule has 0 saturated carbocycles. The SMILES string of the molecule is C#CCN(C(=O)OC(C)(C)C)c1ccc(P(C)(C)=O)c2ccoc12. The van der Waals surface area contributed by atoms with E-state index in [0.717, 1.165) is 0 Å². The van der Waals surface area contributed by atoms with Gasteiger partial charge in [0.2, 0.25) is 0 Å². The van der Waals surface area contributed by atoms with Gasteiger partial charge in [-0.05, 0) is 52.3 Å². The van der Waals surface area contributed by atoms with E-state index in [0.29, 0.717) is 22.0 Å². The van der Waals surface area contributed by atoms with Gasteiger partial charge in [-0.15, -0.1) is 6.42 Å². The molecule has 1 aromatic carbocycles. The number of carbonyl (C=O) groups excluding carboxylic acids is 1. The van der Waals surface area contributed by atoms with Crippen molar-refractivity contribution < 1.29 is 18.5 Å². The van der Waals surface area contributed by atoms with Gasteiger partial charge < -0.3 is 13.7 Å². The number of hydrogen-bond acceptors (Lipinski definition) is 4. The molecule has 0 aliphatic heterocycles. The maximum Gasteiger partial charge on any atom is 0.415 e. The molecule has 1 amide bonds. The molecular weight excluding hydrogens is 325 g/mol. The van der Waals surface area contributed by atoms with Gasteiger partial charge in [0, 0.05) is 10.7 Å². The first-order chi connectivity index (χ1) is 11.0. The van der Waals surface area contributed by atoms with Crippen LogP contribution in [-0.4, -0.2) is 31.6 Å². The van der Waals surface area contributed by atoms with Crippen molar-refractivity contribution in [3.63, 3.8) is 0 Å². The van der Waals surface area contributed by atoms with Gasteiger partial charge in [-0.25, -0.2) is 4.79 Å². The number of ether oxygens (including phenoxy) is 1. The van der Waals surface area contributed by atoms with E-state index < -0.39 is 18.8 Å². The molecule has 5 nitrogen and oxygen atoms in total. The van der Waals surface area contributed by atoms with Gasteiger partial charge in [0.25, 0.3) is 0 Å². The number of anilines is 1. The minimum absolute atomic E-state index is 0.0416. The van der Waals surface area contributed by atoms with Crippen molar-refractivity contribution in [1.82, 2.24) is 0 Å². The van der Waals surface area contributed by atoms with Crippen molar-refractivity contribution in [1.29, 1.82) is 0 Å². The van der Waals surface area contributed by atoms with Crippen molar-refractivity contribution >= 4 is 35.2 Å². The highest BCUT2D eigenvalue weighted by Crippen LogP contribution is 2.40. The molecule has 128 valence electrons. The van der Waals surface area contributed by atoms with Gasteiger partial charge >= 0.3 is 6.09 Å². The molecule has 0 bridgehead atoms. The van der Waals surface area contributed by atoms with Crippen molar-refractivity contribution in [2.75, 3.05) is 24.8 Å². The minimum atomic E-state index is -2.49. The van der Waals surface area contributed by atoms with Gasteiger partial charge in [0.15, 0.2) is 5.58 Å². The Morgan fingerprint density at radius 2 is 2.00 bits per heavy atom. The molecule has 1 heterocycles. The molecule has 2 rings (SSSR count). The fraction of sp³-hybridized carbons (Fsp3) is 0.389. The van der Waals surface area contributed by atoms with Gasteiger partial charge in [-0.1, -0.05) is 5.92 Å². The fourth-order valence-electron chi connectivity index (χ4n) is 2.37. The number of terminal acetylenes is 1. The molecule has 0 unspecified atom stereocenters. The Balaban J connectivity index is 2.57. The average Bonchev–Trinajstić information content (AvgIpc) is 2.89. The van der Waals surface area contributed by atoms with E-state index >= 15 is 0 Å². The molecule has 24 heavy (non-hydrogen) atoms. The lowest BCUT2D eigenvalue weighted by molar-refractivity contribution is 0.0585. The molecule has 2 aromatic rings. The summed E-state index contributed by atoms with van der Waals surface area (Å²) in [6, 6.07) is 5.20. The van der Waals surface area contributed by atoms with Crippen LogP contribution in [0.4, 0.5) is 10.5 Å². The molecule has 1 aromatic heterocycles. The van der Waals surface area contributed by atoms with Crippen molar-refractivity contribution in [2.45, 2.75) is 26.4 Å². The number of carbonyl (C=O) groups is 1. The standard InChI is InChI=1S/C18H22NO4P/c1-7-11-19(17(20)23-18(2,3)4)14-8-9-15(24(5,6)21)13-10-12-22-16(13)14/h1,8-10,12H,11H2,2-6H3. The van der Waals surface area contributed by atoms with Crippen LogP contribution in [0, 0.1) is 12.3 Å². The van der Waals surface area contributed by atoms with Gasteiger partial charge in [0.1, 0.15) is 12.7 Å². The zero-order chi connectivity index (χ0) is 18.1. The summed E-state index contributed by atoms with van der Waals surface area (Å²) < 4.78 is 23.5. The fourth-order valence-corrected chi connectivity index (χ4v) is 3.56. The molecule has 6 heteroatoms. The van der Waals surface area contributed by atoms with Crippen LogP contribution in [0.1, 0.15) is 20.8 Å². The quantitative estimate of drug-likeness (QED) is 0.621. The zero-order valence-corrected chi connectivity index (χ0v) is 15.5. The molecule has 0 radical (unpaired) electrons. The van der Waals surface area contributed by atoms with Crippen LogP contribution < -0.4 is 10.2 Å².